The van der Waals surface area contributed by atoms with E-state index in [1.54, 1.807) is 0 Å². The number of rotatable bonds is 13. The summed E-state index contributed by atoms with van der Waals surface area (Å²) in [5.41, 5.74) is 0.875. The van der Waals surface area contributed by atoms with Crippen molar-refractivity contribution in [3.05, 3.63) is 29.8 Å². The van der Waals surface area contributed by atoms with Gasteiger partial charge >= 0.3 is 0 Å². The molecule has 25 heavy (non-hydrogen) atoms. The zero-order chi connectivity index (χ0) is 18.7. The summed E-state index contributed by atoms with van der Waals surface area (Å²) < 4.78 is 42.8. The van der Waals surface area contributed by atoms with Crippen LogP contribution in [0.3, 0.4) is 0 Å². The predicted molar refractivity (Wildman–Crippen MR) is 99.2 cm³/mol. The molecule has 0 amide bonds. The van der Waals surface area contributed by atoms with E-state index in [4.69, 9.17) is 14.2 Å². The largest absolute Gasteiger partial charge is 0.491 e. The smallest absolute Gasteiger partial charge is 0.212 e. The molecule has 1 N–H and O–H groups in total. The molecule has 0 heterocycles. The zero-order valence-corrected chi connectivity index (χ0v) is 16.5. The summed E-state index contributed by atoms with van der Waals surface area (Å²) in [7, 11) is -1.84. The molecule has 1 rings (SSSR count). The fourth-order valence-corrected chi connectivity index (χ4v) is 3.74. The maximum absolute atomic E-state index is 12.2. The van der Waals surface area contributed by atoms with Crippen molar-refractivity contribution in [1.82, 2.24) is 4.72 Å². The number of nitrogens with one attached hydrogen (secondary N) is 1. The summed E-state index contributed by atoms with van der Waals surface area (Å²) in [6.45, 7) is 6.50. The molecule has 7 heteroatoms. The average molecular weight is 374 g/mol. The number of ether oxygens (including phenoxy) is 3. The van der Waals surface area contributed by atoms with Crippen molar-refractivity contribution in [1.29, 1.82) is 0 Å². The molecule has 0 aliphatic carbocycles. The second-order valence-electron chi connectivity index (χ2n) is 6.12. The van der Waals surface area contributed by atoms with Crippen LogP contribution >= 0.6 is 0 Å². The molecule has 0 bridgehead atoms. The highest BCUT2D eigenvalue weighted by molar-refractivity contribution is 7.89. The standard InChI is InChI=1S/C18H31NO5S/c1-5-8-15(2)24-18-10-6-9-17(13-18)16(3)19-25(20,21)12-7-11-23-14-22-4/h6,9-10,13,15-16,19H,5,7-8,11-12,14H2,1-4H3/t15-,16+/m0/s1. The van der Waals surface area contributed by atoms with Crippen molar-refractivity contribution >= 4 is 10.0 Å². The Morgan fingerprint density at radius 1 is 1.24 bits per heavy atom. The number of hydrogen-bond donors (Lipinski definition) is 1. The third-order valence-electron chi connectivity index (χ3n) is 3.65. The van der Waals surface area contributed by atoms with Crippen LogP contribution in [-0.4, -0.2) is 40.8 Å². The second-order valence-corrected chi connectivity index (χ2v) is 7.99. The molecule has 1 aromatic carbocycles. The highest BCUT2D eigenvalue weighted by Gasteiger charge is 2.16. The van der Waals surface area contributed by atoms with Gasteiger partial charge in [0.2, 0.25) is 10.0 Å². The summed E-state index contributed by atoms with van der Waals surface area (Å²) in [6.07, 6.45) is 2.60. The minimum atomic E-state index is -3.37. The summed E-state index contributed by atoms with van der Waals surface area (Å²) in [4.78, 5) is 0. The van der Waals surface area contributed by atoms with Gasteiger partial charge in [0.1, 0.15) is 12.5 Å². The van der Waals surface area contributed by atoms with Crippen LogP contribution in [-0.2, 0) is 19.5 Å². The van der Waals surface area contributed by atoms with E-state index in [-0.39, 0.29) is 24.7 Å². The van der Waals surface area contributed by atoms with Crippen LogP contribution in [0.2, 0.25) is 0 Å². The maximum Gasteiger partial charge on any atom is 0.212 e. The number of sulfonamides is 1. The van der Waals surface area contributed by atoms with Crippen molar-refractivity contribution in [3.63, 3.8) is 0 Å². The van der Waals surface area contributed by atoms with Gasteiger partial charge in [-0.3, -0.25) is 0 Å². The summed E-state index contributed by atoms with van der Waals surface area (Å²) in [5.74, 6) is 0.780. The highest BCUT2D eigenvalue weighted by Crippen LogP contribution is 2.21. The molecule has 0 aliphatic heterocycles. The maximum atomic E-state index is 12.2. The Kier molecular flexibility index (Phi) is 10.0. The number of hydrogen-bond acceptors (Lipinski definition) is 5. The molecule has 0 radical (unpaired) electrons. The third-order valence-corrected chi connectivity index (χ3v) is 5.19. The number of methoxy groups -OCH3 is 1. The van der Waals surface area contributed by atoms with Gasteiger partial charge in [0.05, 0.1) is 18.5 Å². The lowest BCUT2D eigenvalue weighted by atomic mass is 10.1. The monoisotopic (exact) mass is 373 g/mol. The quantitative estimate of drug-likeness (QED) is 0.424. The highest BCUT2D eigenvalue weighted by atomic mass is 32.2. The van der Waals surface area contributed by atoms with E-state index >= 15 is 0 Å². The summed E-state index contributed by atoms with van der Waals surface area (Å²) >= 11 is 0. The van der Waals surface area contributed by atoms with Crippen molar-refractivity contribution in [2.45, 2.75) is 52.2 Å². The van der Waals surface area contributed by atoms with Crippen LogP contribution < -0.4 is 9.46 Å². The van der Waals surface area contributed by atoms with Gasteiger partial charge in [-0.2, -0.15) is 0 Å². The Labute approximate surface area is 151 Å². The first-order valence-corrected chi connectivity index (χ1v) is 10.4. The molecule has 0 fully saturated rings. The molecule has 1 aromatic rings. The molecule has 0 aromatic heterocycles. The van der Waals surface area contributed by atoms with E-state index in [1.807, 2.05) is 38.1 Å². The fourth-order valence-electron chi connectivity index (χ4n) is 2.44. The van der Waals surface area contributed by atoms with Gasteiger partial charge in [-0.05, 0) is 44.4 Å². The Morgan fingerprint density at radius 3 is 2.68 bits per heavy atom. The Morgan fingerprint density at radius 2 is 2.00 bits per heavy atom. The molecule has 0 spiro atoms. The Hall–Kier alpha value is -1.15. The fraction of sp³-hybridized carbons (Fsp3) is 0.667. The van der Waals surface area contributed by atoms with E-state index in [1.165, 1.54) is 7.11 Å². The van der Waals surface area contributed by atoms with Crippen LogP contribution in [0, 0.1) is 0 Å². The van der Waals surface area contributed by atoms with Gasteiger partial charge in [0.25, 0.3) is 0 Å². The molecule has 2 atom stereocenters. The predicted octanol–water partition coefficient (Wildman–Crippen LogP) is 3.25. The van der Waals surface area contributed by atoms with Gasteiger partial charge in [-0.1, -0.05) is 25.5 Å². The molecule has 0 aliphatic rings. The number of benzene rings is 1. The van der Waals surface area contributed by atoms with Gasteiger partial charge in [0, 0.05) is 13.2 Å². The van der Waals surface area contributed by atoms with Gasteiger partial charge in [0.15, 0.2) is 0 Å². The normalized spacial score (nSPS) is 14.2. The van der Waals surface area contributed by atoms with Gasteiger partial charge < -0.3 is 14.2 Å². The molecule has 144 valence electrons. The minimum absolute atomic E-state index is 0.0186. The van der Waals surface area contributed by atoms with E-state index in [0.29, 0.717) is 13.0 Å². The molecular weight excluding hydrogens is 342 g/mol. The van der Waals surface area contributed by atoms with Crippen LogP contribution in [0.5, 0.6) is 5.75 Å². The first-order valence-electron chi connectivity index (χ1n) is 8.71. The molecule has 0 unspecified atom stereocenters. The van der Waals surface area contributed by atoms with Crippen molar-refractivity contribution in [3.8, 4) is 5.75 Å². The first-order chi connectivity index (χ1) is 11.9. The van der Waals surface area contributed by atoms with Crippen LogP contribution in [0.15, 0.2) is 24.3 Å². The zero-order valence-electron chi connectivity index (χ0n) is 15.7. The van der Waals surface area contributed by atoms with E-state index < -0.39 is 10.0 Å². The Bertz CT molecular complexity index is 591. The lowest BCUT2D eigenvalue weighted by molar-refractivity contribution is -0.0298. The minimum Gasteiger partial charge on any atom is -0.491 e. The topological polar surface area (TPSA) is 73.9 Å². The van der Waals surface area contributed by atoms with Crippen LogP contribution in [0.1, 0.15) is 51.6 Å². The molecule has 0 saturated carbocycles. The second kappa shape index (κ2) is 11.5. The van der Waals surface area contributed by atoms with E-state index in [0.717, 1.165) is 24.2 Å². The van der Waals surface area contributed by atoms with Crippen molar-refractivity contribution < 1.29 is 22.6 Å². The van der Waals surface area contributed by atoms with E-state index in [2.05, 4.69) is 11.6 Å². The van der Waals surface area contributed by atoms with Crippen LogP contribution in [0.4, 0.5) is 0 Å². The van der Waals surface area contributed by atoms with Gasteiger partial charge in [-0.15, -0.1) is 0 Å². The van der Waals surface area contributed by atoms with Gasteiger partial charge in [-0.25, -0.2) is 13.1 Å². The lowest BCUT2D eigenvalue weighted by Crippen LogP contribution is -2.29. The van der Waals surface area contributed by atoms with Crippen molar-refractivity contribution in [2.24, 2.45) is 0 Å². The van der Waals surface area contributed by atoms with Crippen LogP contribution in [0.25, 0.3) is 0 Å². The Balaban J connectivity index is 2.56. The molecule has 0 saturated heterocycles. The summed E-state index contributed by atoms with van der Waals surface area (Å²) in [6, 6.07) is 7.24. The molecular formula is C18H31NO5S. The lowest BCUT2D eigenvalue weighted by Gasteiger charge is -2.18. The first kappa shape index (κ1) is 21.9. The summed E-state index contributed by atoms with van der Waals surface area (Å²) in [5, 5.41) is 0. The van der Waals surface area contributed by atoms with Crippen molar-refractivity contribution in [2.75, 3.05) is 26.3 Å². The average Bonchev–Trinajstić information content (AvgIpc) is 2.54. The van der Waals surface area contributed by atoms with E-state index in [9.17, 15) is 8.42 Å². The third kappa shape index (κ3) is 9.21. The molecule has 6 nitrogen and oxygen atoms in total. The SMILES string of the molecule is CCC[C@H](C)Oc1cccc([C@@H](C)NS(=O)(=O)CCCOCOC)c1.